The van der Waals surface area contributed by atoms with Crippen LogP contribution >= 0.6 is 0 Å². The normalized spacial score (nSPS) is 18.1. The molecule has 0 saturated carbocycles. The van der Waals surface area contributed by atoms with Crippen molar-refractivity contribution in [3.8, 4) is 11.5 Å². The maximum Gasteiger partial charge on any atom is 0.573 e. The lowest BCUT2D eigenvalue weighted by Crippen LogP contribution is -2.44. The number of halogens is 3. The molecule has 3 aromatic rings. The Morgan fingerprint density at radius 2 is 1.72 bits per heavy atom. The van der Waals surface area contributed by atoms with Crippen molar-refractivity contribution in [3.63, 3.8) is 0 Å². The highest BCUT2D eigenvalue weighted by atomic mass is 19.4. The molecular weight excluding hydrogens is 519 g/mol. The van der Waals surface area contributed by atoms with E-state index in [2.05, 4.69) is 10.1 Å². The van der Waals surface area contributed by atoms with Gasteiger partial charge in [0, 0.05) is 24.2 Å². The predicted octanol–water partition coefficient (Wildman–Crippen LogP) is 3.07. The Hall–Kier alpha value is -4.32. The molecule has 3 atom stereocenters. The Bertz CT molecular complexity index is 1390. The highest BCUT2D eigenvalue weighted by molar-refractivity contribution is 6.05. The van der Waals surface area contributed by atoms with E-state index in [0.29, 0.717) is 11.3 Å². The number of aliphatic hydroxyl groups excluding tert-OH is 1. The number of nitrogens with one attached hydrogen (secondary N) is 1. The summed E-state index contributed by atoms with van der Waals surface area (Å²) in [5.74, 6) is -1.69. The molecule has 2 aromatic carbocycles. The number of anilines is 1. The lowest BCUT2D eigenvalue weighted by Gasteiger charge is -2.19. The van der Waals surface area contributed by atoms with Gasteiger partial charge in [-0.3, -0.25) is 14.4 Å². The number of hydrogen-bond donors (Lipinski definition) is 2. The Labute approximate surface area is 221 Å². The average molecular weight is 546 g/mol. The minimum absolute atomic E-state index is 0.0169. The monoisotopic (exact) mass is 545 g/mol. The van der Waals surface area contributed by atoms with E-state index in [1.807, 2.05) is 0 Å². The van der Waals surface area contributed by atoms with E-state index in [1.54, 1.807) is 30.3 Å². The van der Waals surface area contributed by atoms with Gasteiger partial charge in [-0.2, -0.15) is 0 Å². The van der Waals surface area contributed by atoms with Crippen molar-refractivity contribution >= 4 is 17.5 Å². The van der Waals surface area contributed by atoms with Gasteiger partial charge in [0.05, 0.1) is 19.8 Å². The maximum atomic E-state index is 13.6. The molecule has 2 heterocycles. The summed E-state index contributed by atoms with van der Waals surface area (Å²) in [5.41, 5.74) is 0.328. The summed E-state index contributed by atoms with van der Waals surface area (Å²) in [6.07, 6.45) is -4.16. The van der Waals surface area contributed by atoms with Crippen LogP contribution in [-0.2, 0) is 11.3 Å². The predicted molar refractivity (Wildman–Crippen MR) is 135 cm³/mol. The van der Waals surface area contributed by atoms with Crippen LogP contribution in [0.4, 0.5) is 18.9 Å². The Morgan fingerprint density at radius 1 is 1.08 bits per heavy atom. The Morgan fingerprint density at radius 3 is 2.31 bits per heavy atom. The van der Waals surface area contributed by atoms with Crippen LogP contribution in [0.15, 0.2) is 71.7 Å². The summed E-state index contributed by atoms with van der Waals surface area (Å²) in [6.45, 7) is 1.64. The van der Waals surface area contributed by atoms with Crippen molar-refractivity contribution in [2.24, 2.45) is 0 Å². The van der Waals surface area contributed by atoms with Crippen molar-refractivity contribution in [2.75, 3.05) is 18.6 Å². The topological polar surface area (TPSA) is 110 Å². The van der Waals surface area contributed by atoms with Gasteiger partial charge in [-0.25, -0.2) is 0 Å². The number of carbonyl (C=O) groups is 2. The second-order valence-electron chi connectivity index (χ2n) is 9.05. The lowest BCUT2D eigenvalue weighted by atomic mass is 9.93. The molecule has 1 aliphatic rings. The van der Waals surface area contributed by atoms with Crippen LogP contribution < -0.4 is 25.2 Å². The highest BCUT2D eigenvalue weighted by Gasteiger charge is 2.43. The lowest BCUT2D eigenvalue weighted by molar-refractivity contribution is -0.274. The Balaban J connectivity index is 1.64. The summed E-state index contributed by atoms with van der Waals surface area (Å²) in [5, 5.41) is 12.4. The second-order valence-corrected chi connectivity index (χ2v) is 9.05. The summed E-state index contributed by atoms with van der Waals surface area (Å²) < 4.78 is 47.7. The van der Waals surface area contributed by atoms with Crippen LogP contribution in [0, 0.1) is 0 Å². The van der Waals surface area contributed by atoms with E-state index < -0.39 is 47.5 Å². The van der Waals surface area contributed by atoms with Crippen LogP contribution in [-0.4, -0.2) is 53.7 Å². The summed E-state index contributed by atoms with van der Waals surface area (Å²) in [6, 6.07) is 13.2. The zero-order valence-electron chi connectivity index (χ0n) is 21.0. The van der Waals surface area contributed by atoms with Crippen molar-refractivity contribution in [3.05, 3.63) is 88.3 Å². The number of carbonyl (C=O) groups excluding carboxylic acids is 2. The number of nitrogens with zero attached hydrogens (tertiary/aromatic N) is 2. The first-order valence-corrected chi connectivity index (χ1v) is 12.0. The number of aliphatic hydroxyl groups is 1. The molecule has 1 aromatic heterocycles. The van der Waals surface area contributed by atoms with E-state index in [9.17, 15) is 32.7 Å². The minimum atomic E-state index is -4.87. The number of alkyl halides is 3. The minimum Gasteiger partial charge on any atom is -0.497 e. The molecular formula is C27H26F3N3O6. The van der Waals surface area contributed by atoms with Gasteiger partial charge in [0.2, 0.25) is 5.91 Å². The molecule has 39 heavy (non-hydrogen) atoms. The molecule has 2 amide bonds. The van der Waals surface area contributed by atoms with Gasteiger partial charge in [0.15, 0.2) is 0 Å². The molecule has 0 bridgehead atoms. The van der Waals surface area contributed by atoms with E-state index in [-0.39, 0.29) is 24.3 Å². The Kier molecular flexibility index (Phi) is 7.95. The number of pyridine rings is 1. The first-order chi connectivity index (χ1) is 18.5. The third kappa shape index (κ3) is 6.40. The van der Waals surface area contributed by atoms with E-state index in [0.717, 1.165) is 24.3 Å². The van der Waals surface area contributed by atoms with Crippen LogP contribution in [0.1, 0.15) is 28.8 Å². The number of aromatic nitrogens is 1. The fraction of sp³-hybridized carbons (Fsp3) is 0.296. The molecule has 1 aliphatic heterocycles. The molecule has 9 nitrogen and oxygen atoms in total. The number of methoxy groups -OCH3 is 1. The summed E-state index contributed by atoms with van der Waals surface area (Å²) >= 11 is 0. The smallest absolute Gasteiger partial charge is 0.497 e. The molecule has 2 N–H and O–H groups in total. The molecule has 2 unspecified atom stereocenters. The molecule has 1 saturated heterocycles. The van der Waals surface area contributed by atoms with Crippen molar-refractivity contribution in [1.82, 2.24) is 9.88 Å². The van der Waals surface area contributed by atoms with Gasteiger partial charge in [0.1, 0.15) is 23.2 Å². The zero-order chi connectivity index (χ0) is 28.3. The number of ether oxygens (including phenoxy) is 2. The highest BCUT2D eigenvalue weighted by Crippen LogP contribution is 2.32. The molecule has 4 rings (SSSR count). The second kappa shape index (κ2) is 11.2. The van der Waals surface area contributed by atoms with Crippen molar-refractivity contribution < 1.29 is 37.3 Å². The first-order valence-electron chi connectivity index (χ1n) is 12.0. The van der Waals surface area contributed by atoms with Crippen LogP contribution in [0.25, 0.3) is 0 Å². The number of amides is 2. The molecule has 0 spiro atoms. The third-order valence-electron chi connectivity index (χ3n) is 6.25. The molecule has 1 fully saturated rings. The number of benzene rings is 2. The molecule has 206 valence electrons. The average Bonchev–Trinajstić information content (AvgIpc) is 3.20. The van der Waals surface area contributed by atoms with Crippen molar-refractivity contribution in [1.29, 1.82) is 0 Å². The molecule has 0 radical (unpaired) electrons. The van der Waals surface area contributed by atoms with E-state index in [1.165, 1.54) is 35.8 Å². The number of hydrogen-bond acceptors (Lipinski definition) is 6. The first kappa shape index (κ1) is 27.7. The van der Waals surface area contributed by atoms with Gasteiger partial charge in [-0.1, -0.05) is 12.1 Å². The van der Waals surface area contributed by atoms with Crippen LogP contribution in [0.2, 0.25) is 0 Å². The SMILES string of the molecule is COc1ccc([C@@H]2CN(c3cccn(CC(C)O)c3=O)C(=O)C2NC(=O)c2ccc(OC(F)(F)F)cc2)cc1. The van der Waals surface area contributed by atoms with E-state index >= 15 is 0 Å². The summed E-state index contributed by atoms with van der Waals surface area (Å²) in [7, 11) is 1.51. The standard InChI is InChI=1S/C27H26F3N3O6/c1-16(34)14-32-13-3-4-22(25(32)36)33-15-21(17-5-9-19(38-2)10-6-17)23(26(33)37)31-24(35)18-7-11-20(12-8-18)39-27(28,29)30/h3-13,16,21,23,34H,14-15H2,1-2H3,(H,31,35)/t16?,21-,23?/m0/s1. The molecule has 0 aliphatic carbocycles. The summed E-state index contributed by atoms with van der Waals surface area (Å²) in [4.78, 5) is 41.1. The van der Waals surface area contributed by atoms with E-state index in [4.69, 9.17) is 4.74 Å². The van der Waals surface area contributed by atoms with Gasteiger partial charge in [-0.15, -0.1) is 13.2 Å². The molecule has 12 heteroatoms. The van der Waals surface area contributed by atoms with Gasteiger partial charge >= 0.3 is 6.36 Å². The quantitative estimate of drug-likeness (QED) is 0.450. The van der Waals surface area contributed by atoms with Gasteiger partial charge in [-0.05, 0) is 61.0 Å². The van der Waals surface area contributed by atoms with Gasteiger partial charge in [0.25, 0.3) is 11.5 Å². The van der Waals surface area contributed by atoms with Gasteiger partial charge < -0.3 is 29.4 Å². The van der Waals surface area contributed by atoms with Crippen LogP contribution in [0.3, 0.4) is 0 Å². The fourth-order valence-corrected chi connectivity index (χ4v) is 4.45. The largest absolute Gasteiger partial charge is 0.573 e. The zero-order valence-corrected chi connectivity index (χ0v) is 21.0. The van der Waals surface area contributed by atoms with Crippen LogP contribution in [0.5, 0.6) is 11.5 Å². The maximum absolute atomic E-state index is 13.6. The van der Waals surface area contributed by atoms with Crippen molar-refractivity contribution in [2.45, 2.75) is 37.9 Å². The fourth-order valence-electron chi connectivity index (χ4n) is 4.45. The third-order valence-corrected chi connectivity index (χ3v) is 6.25. The number of rotatable bonds is 8.